The van der Waals surface area contributed by atoms with Crippen molar-refractivity contribution in [1.29, 1.82) is 0 Å². The molecule has 0 aromatic heterocycles. The van der Waals surface area contributed by atoms with E-state index in [1.807, 2.05) is 0 Å². The van der Waals surface area contributed by atoms with E-state index in [4.69, 9.17) is 10.2 Å². The summed E-state index contributed by atoms with van der Waals surface area (Å²) in [4.78, 5) is 10.2. The van der Waals surface area contributed by atoms with E-state index in [-0.39, 0.29) is 19.1 Å². The fraction of sp³-hybridized carbons (Fsp3) is 0.800. The average Bonchev–Trinajstić information content (AvgIpc) is 2.32. The minimum Gasteiger partial charge on any atom is -0.465 e. The second-order valence-electron chi connectivity index (χ2n) is 2.84. The molecule has 1 amide bonds. The third kappa shape index (κ3) is 2.83. The van der Waals surface area contributed by atoms with Crippen molar-refractivity contribution in [2.45, 2.75) is 12.5 Å². The number of rotatable bonds is 2. The molecular formula is C5H11N3O4S. The number of carboxylic acid groups (broad SMARTS) is 1. The largest absolute Gasteiger partial charge is 0.465 e. The van der Waals surface area contributed by atoms with Gasteiger partial charge in [-0.05, 0) is 6.42 Å². The summed E-state index contributed by atoms with van der Waals surface area (Å²) in [5, 5.41) is 15.4. The van der Waals surface area contributed by atoms with Crippen LogP contribution in [0.2, 0.25) is 0 Å². The first kappa shape index (κ1) is 10.2. The molecule has 1 aliphatic heterocycles. The molecule has 1 fully saturated rings. The van der Waals surface area contributed by atoms with Gasteiger partial charge in [0.1, 0.15) is 0 Å². The lowest BCUT2D eigenvalue weighted by Gasteiger charge is -2.12. The number of amides is 1. The van der Waals surface area contributed by atoms with Crippen LogP contribution in [-0.2, 0) is 10.2 Å². The number of carbonyl (C=O) groups is 1. The zero-order valence-corrected chi connectivity index (χ0v) is 7.62. The minimum atomic E-state index is -3.67. The van der Waals surface area contributed by atoms with Crippen molar-refractivity contribution in [3.8, 4) is 0 Å². The highest BCUT2D eigenvalue weighted by Gasteiger charge is 2.29. The van der Waals surface area contributed by atoms with Gasteiger partial charge >= 0.3 is 6.09 Å². The predicted molar refractivity (Wildman–Crippen MR) is 44.2 cm³/mol. The van der Waals surface area contributed by atoms with Crippen molar-refractivity contribution < 1.29 is 18.3 Å². The van der Waals surface area contributed by atoms with Crippen molar-refractivity contribution in [2.75, 3.05) is 13.1 Å². The van der Waals surface area contributed by atoms with Gasteiger partial charge in [0.15, 0.2) is 0 Å². The summed E-state index contributed by atoms with van der Waals surface area (Å²) in [6.45, 7) is 0.384. The number of hydrogen-bond donors (Lipinski definition) is 3. The number of nitrogens with two attached hydrogens (primary N) is 1. The first-order valence-electron chi connectivity index (χ1n) is 3.67. The SMILES string of the molecule is NS(=O)(=O)N1CC[C@H](NC(=O)O)C1. The van der Waals surface area contributed by atoms with Crippen LogP contribution >= 0.6 is 0 Å². The van der Waals surface area contributed by atoms with Crippen LogP contribution in [0.4, 0.5) is 4.79 Å². The van der Waals surface area contributed by atoms with Gasteiger partial charge in [0, 0.05) is 19.1 Å². The van der Waals surface area contributed by atoms with Gasteiger partial charge in [0.05, 0.1) is 0 Å². The highest BCUT2D eigenvalue weighted by atomic mass is 32.2. The molecule has 0 bridgehead atoms. The molecule has 1 rings (SSSR count). The Hall–Kier alpha value is -0.860. The van der Waals surface area contributed by atoms with E-state index in [1.165, 1.54) is 0 Å². The Bertz CT molecular complexity index is 301. The second kappa shape index (κ2) is 3.48. The molecule has 8 heteroatoms. The van der Waals surface area contributed by atoms with Crippen LogP contribution in [0.25, 0.3) is 0 Å². The maximum Gasteiger partial charge on any atom is 0.404 e. The molecule has 13 heavy (non-hydrogen) atoms. The van der Waals surface area contributed by atoms with E-state index >= 15 is 0 Å². The topological polar surface area (TPSA) is 113 Å². The Balaban J connectivity index is 2.50. The van der Waals surface area contributed by atoms with Crippen LogP contribution in [-0.4, -0.2) is 43.1 Å². The molecule has 1 aliphatic rings. The molecule has 4 N–H and O–H groups in total. The van der Waals surface area contributed by atoms with Crippen molar-refractivity contribution in [1.82, 2.24) is 9.62 Å². The summed E-state index contributed by atoms with van der Waals surface area (Å²) in [5.74, 6) is 0. The summed E-state index contributed by atoms with van der Waals surface area (Å²) in [6, 6.07) is -0.351. The molecule has 0 spiro atoms. The van der Waals surface area contributed by atoms with E-state index in [1.54, 1.807) is 0 Å². The highest BCUT2D eigenvalue weighted by molar-refractivity contribution is 7.86. The standard InChI is InChI=1S/C5H11N3O4S/c6-13(11,12)8-2-1-4(3-8)7-5(9)10/h4,7H,1-3H2,(H,9,10)(H2,6,11,12)/t4-/m0/s1. The highest BCUT2D eigenvalue weighted by Crippen LogP contribution is 2.10. The molecule has 0 aliphatic carbocycles. The summed E-state index contributed by atoms with van der Waals surface area (Å²) < 4.78 is 22.6. The molecule has 0 aromatic rings. The third-order valence-corrected chi connectivity index (χ3v) is 2.89. The van der Waals surface area contributed by atoms with E-state index in [2.05, 4.69) is 5.32 Å². The Morgan fingerprint density at radius 3 is 2.62 bits per heavy atom. The summed E-state index contributed by atoms with van der Waals surface area (Å²) in [5.41, 5.74) is 0. The Morgan fingerprint density at radius 2 is 2.23 bits per heavy atom. The summed E-state index contributed by atoms with van der Waals surface area (Å²) >= 11 is 0. The van der Waals surface area contributed by atoms with Gasteiger partial charge in [0.25, 0.3) is 10.2 Å². The number of nitrogens with zero attached hydrogens (tertiary/aromatic N) is 1. The maximum atomic E-state index is 10.8. The van der Waals surface area contributed by atoms with E-state index < -0.39 is 16.3 Å². The molecule has 0 radical (unpaired) electrons. The Kier molecular flexibility index (Phi) is 2.74. The Labute approximate surface area is 75.7 Å². The lowest BCUT2D eigenvalue weighted by Crippen LogP contribution is -2.39. The van der Waals surface area contributed by atoms with Crippen molar-refractivity contribution in [2.24, 2.45) is 5.14 Å². The van der Waals surface area contributed by atoms with Crippen LogP contribution in [0.1, 0.15) is 6.42 Å². The van der Waals surface area contributed by atoms with Gasteiger partial charge in [-0.1, -0.05) is 0 Å². The van der Waals surface area contributed by atoms with Crippen LogP contribution in [0.15, 0.2) is 0 Å². The lowest BCUT2D eigenvalue weighted by molar-refractivity contribution is 0.190. The Morgan fingerprint density at radius 1 is 1.62 bits per heavy atom. The van der Waals surface area contributed by atoms with E-state index in [0.717, 1.165) is 4.31 Å². The molecule has 1 heterocycles. The maximum absolute atomic E-state index is 10.8. The zero-order chi connectivity index (χ0) is 10.1. The van der Waals surface area contributed by atoms with E-state index in [9.17, 15) is 13.2 Å². The van der Waals surface area contributed by atoms with Gasteiger partial charge < -0.3 is 10.4 Å². The first-order chi connectivity index (χ1) is 5.89. The van der Waals surface area contributed by atoms with Crippen LogP contribution in [0.3, 0.4) is 0 Å². The summed E-state index contributed by atoms with van der Waals surface area (Å²) in [6.07, 6.45) is -0.691. The number of hydrogen-bond acceptors (Lipinski definition) is 3. The van der Waals surface area contributed by atoms with Crippen LogP contribution < -0.4 is 10.5 Å². The average molecular weight is 209 g/mol. The minimum absolute atomic E-state index is 0.116. The molecule has 0 aromatic carbocycles. The quantitative estimate of drug-likeness (QED) is 0.515. The fourth-order valence-corrected chi connectivity index (χ4v) is 2.00. The van der Waals surface area contributed by atoms with Gasteiger partial charge in [-0.25, -0.2) is 9.93 Å². The van der Waals surface area contributed by atoms with Gasteiger partial charge in [-0.3, -0.25) is 0 Å². The molecule has 0 unspecified atom stereocenters. The van der Waals surface area contributed by atoms with E-state index in [0.29, 0.717) is 6.42 Å². The molecule has 7 nitrogen and oxygen atoms in total. The van der Waals surface area contributed by atoms with Gasteiger partial charge in [-0.15, -0.1) is 0 Å². The molecule has 76 valence electrons. The fourth-order valence-electron chi connectivity index (χ4n) is 1.25. The predicted octanol–water partition coefficient (Wildman–Crippen LogP) is -1.47. The zero-order valence-electron chi connectivity index (χ0n) is 6.80. The van der Waals surface area contributed by atoms with Gasteiger partial charge in [0.2, 0.25) is 0 Å². The van der Waals surface area contributed by atoms with Crippen molar-refractivity contribution in [3.05, 3.63) is 0 Å². The lowest BCUT2D eigenvalue weighted by atomic mass is 10.3. The molecular weight excluding hydrogens is 198 g/mol. The molecule has 0 saturated carbocycles. The smallest absolute Gasteiger partial charge is 0.404 e. The van der Waals surface area contributed by atoms with Crippen LogP contribution in [0.5, 0.6) is 0 Å². The first-order valence-corrected chi connectivity index (χ1v) is 5.17. The number of nitrogens with one attached hydrogen (secondary N) is 1. The third-order valence-electron chi connectivity index (χ3n) is 1.84. The van der Waals surface area contributed by atoms with Crippen molar-refractivity contribution in [3.63, 3.8) is 0 Å². The molecule has 1 saturated heterocycles. The monoisotopic (exact) mass is 209 g/mol. The van der Waals surface area contributed by atoms with Crippen LogP contribution in [0, 0.1) is 0 Å². The second-order valence-corrected chi connectivity index (χ2v) is 4.38. The van der Waals surface area contributed by atoms with Gasteiger partial charge in [-0.2, -0.15) is 12.7 Å². The molecule has 1 atom stereocenters. The summed E-state index contributed by atoms with van der Waals surface area (Å²) in [7, 11) is -3.67. The normalized spacial score (nSPS) is 24.5. The van der Waals surface area contributed by atoms with Crippen molar-refractivity contribution >= 4 is 16.3 Å².